The van der Waals surface area contributed by atoms with Gasteiger partial charge < -0.3 is 5.11 Å². The Morgan fingerprint density at radius 3 is 2.12 bits per heavy atom. The first-order valence-corrected chi connectivity index (χ1v) is 9.11. The summed E-state index contributed by atoms with van der Waals surface area (Å²) in [6.07, 6.45) is 4.87. The van der Waals surface area contributed by atoms with E-state index in [0.717, 1.165) is 36.0 Å². The summed E-state index contributed by atoms with van der Waals surface area (Å²) >= 11 is 0. The molecule has 25 heavy (non-hydrogen) atoms. The fourth-order valence-corrected chi connectivity index (χ4v) is 2.95. The molecule has 130 valence electrons. The molecule has 0 saturated carbocycles. The van der Waals surface area contributed by atoms with Gasteiger partial charge in [-0.1, -0.05) is 87.1 Å². The lowest BCUT2D eigenvalue weighted by atomic mass is 9.83. The third-order valence-electron chi connectivity index (χ3n) is 4.65. The van der Waals surface area contributed by atoms with Crippen molar-refractivity contribution in [1.82, 2.24) is 0 Å². The Balaban J connectivity index is 2.38. The molecule has 0 aliphatic heterocycles. The highest BCUT2D eigenvalue weighted by atomic mass is 16.3. The fourth-order valence-electron chi connectivity index (χ4n) is 2.95. The molecule has 2 aromatic rings. The largest absolute Gasteiger partial charge is 0.385 e. The predicted octanol–water partition coefficient (Wildman–Crippen LogP) is 5.70. The Morgan fingerprint density at radius 1 is 1.00 bits per heavy atom. The van der Waals surface area contributed by atoms with Crippen molar-refractivity contribution in [3.63, 3.8) is 0 Å². The number of benzene rings is 2. The predicted molar refractivity (Wildman–Crippen MR) is 107 cm³/mol. The van der Waals surface area contributed by atoms with E-state index in [1.807, 2.05) is 73.7 Å². The zero-order chi connectivity index (χ0) is 18.1. The van der Waals surface area contributed by atoms with Gasteiger partial charge in [0.2, 0.25) is 0 Å². The van der Waals surface area contributed by atoms with Gasteiger partial charge in [-0.05, 0) is 43.0 Å². The van der Waals surface area contributed by atoms with Gasteiger partial charge in [0, 0.05) is 11.1 Å². The van der Waals surface area contributed by atoms with Crippen LogP contribution in [0.1, 0.15) is 51.2 Å². The van der Waals surface area contributed by atoms with Crippen LogP contribution in [0, 0.1) is 17.8 Å². The smallest absolute Gasteiger partial charge is 0.0948 e. The fraction of sp³-hybridized carbons (Fsp3) is 0.333. The van der Waals surface area contributed by atoms with E-state index in [0.29, 0.717) is 5.92 Å². The standard InChI is InChI=1S/C24H28O/c1-4-20(5-2)19-24(3,25)23(18-22-14-10-7-11-15-22)17-16-21-12-8-6-9-13-21/h6-15,18,20,25H,4-5,19H2,1-3H3/b23-18+/t24-/m1/s1. The Hall–Kier alpha value is -2.30. The minimum absolute atomic E-state index is 0.493. The van der Waals surface area contributed by atoms with Crippen molar-refractivity contribution in [2.45, 2.75) is 45.6 Å². The van der Waals surface area contributed by atoms with Gasteiger partial charge in [0.1, 0.15) is 0 Å². The quantitative estimate of drug-likeness (QED) is 0.673. The summed E-state index contributed by atoms with van der Waals surface area (Å²) in [5.41, 5.74) is 1.85. The van der Waals surface area contributed by atoms with E-state index >= 15 is 0 Å². The van der Waals surface area contributed by atoms with Crippen LogP contribution < -0.4 is 0 Å². The second-order valence-electron chi connectivity index (χ2n) is 6.75. The van der Waals surface area contributed by atoms with Crippen LogP contribution in [0.15, 0.2) is 66.2 Å². The first-order valence-electron chi connectivity index (χ1n) is 9.11. The Labute approximate surface area is 152 Å². The van der Waals surface area contributed by atoms with Crippen LogP contribution in [0.5, 0.6) is 0 Å². The maximum absolute atomic E-state index is 11.2. The maximum Gasteiger partial charge on any atom is 0.0948 e. The lowest BCUT2D eigenvalue weighted by molar-refractivity contribution is 0.0736. The van der Waals surface area contributed by atoms with Crippen LogP contribution in [0.4, 0.5) is 0 Å². The molecule has 2 rings (SSSR count). The molecule has 1 heteroatoms. The molecule has 0 saturated heterocycles. The minimum Gasteiger partial charge on any atom is -0.385 e. The SMILES string of the molecule is CCC(CC)C[C@@](C)(O)/C(C#Cc1ccccc1)=C/c1ccccc1. The van der Waals surface area contributed by atoms with Crippen LogP contribution >= 0.6 is 0 Å². The maximum atomic E-state index is 11.2. The summed E-state index contributed by atoms with van der Waals surface area (Å²) in [5.74, 6) is 6.93. The monoisotopic (exact) mass is 332 g/mol. The van der Waals surface area contributed by atoms with E-state index in [4.69, 9.17) is 0 Å². The average molecular weight is 332 g/mol. The number of hydrogen-bond donors (Lipinski definition) is 1. The molecule has 2 aromatic carbocycles. The summed E-state index contributed by atoms with van der Waals surface area (Å²) in [4.78, 5) is 0. The van der Waals surface area contributed by atoms with Crippen LogP contribution in [-0.2, 0) is 0 Å². The molecule has 1 nitrogen and oxygen atoms in total. The van der Waals surface area contributed by atoms with Gasteiger partial charge >= 0.3 is 0 Å². The highest BCUT2D eigenvalue weighted by Gasteiger charge is 2.27. The van der Waals surface area contributed by atoms with Crippen molar-refractivity contribution in [2.24, 2.45) is 5.92 Å². The Morgan fingerprint density at radius 2 is 1.56 bits per heavy atom. The summed E-state index contributed by atoms with van der Waals surface area (Å²) in [6, 6.07) is 20.0. The molecular formula is C24H28O. The highest BCUT2D eigenvalue weighted by molar-refractivity contribution is 5.62. The summed E-state index contributed by atoms with van der Waals surface area (Å²) in [7, 11) is 0. The van der Waals surface area contributed by atoms with Gasteiger partial charge in [-0.25, -0.2) is 0 Å². The van der Waals surface area contributed by atoms with E-state index in [9.17, 15) is 5.11 Å². The van der Waals surface area contributed by atoms with Gasteiger partial charge in [-0.15, -0.1) is 0 Å². The Kier molecular flexibility index (Phi) is 7.04. The molecule has 0 unspecified atom stereocenters. The zero-order valence-corrected chi connectivity index (χ0v) is 15.5. The number of hydrogen-bond acceptors (Lipinski definition) is 1. The summed E-state index contributed by atoms with van der Waals surface area (Å²) in [6.45, 7) is 6.25. The van der Waals surface area contributed by atoms with Crippen LogP contribution in [0.2, 0.25) is 0 Å². The lowest BCUT2D eigenvalue weighted by Crippen LogP contribution is -2.29. The van der Waals surface area contributed by atoms with Crippen LogP contribution in [0.3, 0.4) is 0 Å². The van der Waals surface area contributed by atoms with Gasteiger partial charge in [0.05, 0.1) is 5.60 Å². The molecule has 1 atom stereocenters. The summed E-state index contributed by atoms with van der Waals surface area (Å²) < 4.78 is 0. The van der Waals surface area contributed by atoms with E-state index in [1.165, 1.54) is 0 Å². The molecule has 0 aromatic heterocycles. The molecule has 0 radical (unpaired) electrons. The minimum atomic E-state index is -0.936. The normalized spacial score (nSPS) is 13.9. The molecule has 0 spiro atoms. The third kappa shape index (κ3) is 5.93. The van der Waals surface area contributed by atoms with Gasteiger partial charge in [0.25, 0.3) is 0 Å². The van der Waals surface area contributed by atoms with Crippen molar-refractivity contribution >= 4 is 6.08 Å². The van der Waals surface area contributed by atoms with Gasteiger partial charge in [0.15, 0.2) is 0 Å². The summed E-state index contributed by atoms with van der Waals surface area (Å²) in [5, 5.41) is 11.2. The number of aliphatic hydroxyl groups is 1. The molecular weight excluding hydrogens is 304 g/mol. The lowest BCUT2D eigenvalue weighted by Gasteiger charge is -2.28. The molecule has 0 heterocycles. The van der Waals surface area contributed by atoms with Crippen molar-refractivity contribution in [2.75, 3.05) is 0 Å². The van der Waals surface area contributed by atoms with E-state index in [2.05, 4.69) is 25.7 Å². The molecule has 0 amide bonds. The zero-order valence-electron chi connectivity index (χ0n) is 15.5. The molecule has 1 N–H and O–H groups in total. The van der Waals surface area contributed by atoms with E-state index in [1.54, 1.807) is 0 Å². The molecule has 0 bridgehead atoms. The van der Waals surface area contributed by atoms with Gasteiger partial charge in [-0.2, -0.15) is 0 Å². The highest BCUT2D eigenvalue weighted by Crippen LogP contribution is 2.29. The van der Waals surface area contributed by atoms with Crippen molar-refractivity contribution in [3.05, 3.63) is 77.4 Å². The van der Waals surface area contributed by atoms with E-state index < -0.39 is 5.60 Å². The molecule has 0 fully saturated rings. The number of rotatable bonds is 6. The third-order valence-corrected chi connectivity index (χ3v) is 4.65. The van der Waals surface area contributed by atoms with Crippen molar-refractivity contribution in [3.8, 4) is 11.8 Å². The van der Waals surface area contributed by atoms with Crippen LogP contribution in [-0.4, -0.2) is 10.7 Å². The first kappa shape index (κ1) is 19.0. The van der Waals surface area contributed by atoms with E-state index in [-0.39, 0.29) is 0 Å². The van der Waals surface area contributed by atoms with Crippen molar-refractivity contribution in [1.29, 1.82) is 0 Å². The molecule has 0 aliphatic carbocycles. The van der Waals surface area contributed by atoms with Gasteiger partial charge in [-0.3, -0.25) is 0 Å². The Bertz CT molecular complexity index is 726. The molecule has 0 aliphatic rings. The first-order chi connectivity index (χ1) is 12.0. The van der Waals surface area contributed by atoms with Crippen LogP contribution in [0.25, 0.3) is 6.08 Å². The topological polar surface area (TPSA) is 20.2 Å². The second-order valence-corrected chi connectivity index (χ2v) is 6.75. The average Bonchev–Trinajstić information content (AvgIpc) is 2.64. The van der Waals surface area contributed by atoms with Crippen molar-refractivity contribution < 1.29 is 5.11 Å². The second kappa shape index (κ2) is 9.25.